The summed E-state index contributed by atoms with van der Waals surface area (Å²) in [7, 11) is 0. The molecule has 1 aliphatic rings. The van der Waals surface area contributed by atoms with Crippen LogP contribution in [-0.4, -0.2) is 25.6 Å². The normalized spacial score (nSPS) is 14.1. The fourth-order valence-electron chi connectivity index (χ4n) is 3.16. The number of ether oxygens (including phenoxy) is 1. The molecule has 1 aliphatic heterocycles. The number of carbonyl (C=O) groups is 1. The average Bonchev–Trinajstić information content (AvgIpc) is 2.68. The number of piperidine rings is 1. The maximum absolute atomic E-state index is 12.3. The third-order valence-corrected chi connectivity index (χ3v) is 5.03. The van der Waals surface area contributed by atoms with Gasteiger partial charge >= 0.3 is 0 Å². The van der Waals surface area contributed by atoms with E-state index in [-0.39, 0.29) is 5.91 Å². The van der Waals surface area contributed by atoms with E-state index in [9.17, 15) is 4.79 Å². The molecule has 2 aromatic rings. The number of rotatable bonds is 7. The highest BCUT2D eigenvalue weighted by molar-refractivity contribution is 9.10. The van der Waals surface area contributed by atoms with E-state index >= 15 is 0 Å². The second-order valence-corrected chi connectivity index (χ2v) is 7.43. The van der Waals surface area contributed by atoms with Crippen LogP contribution in [0.3, 0.4) is 0 Å². The highest BCUT2D eigenvalue weighted by Gasteiger charge is 2.15. The van der Waals surface area contributed by atoms with Gasteiger partial charge < -0.3 is 15.0 Å². The Hall–Kier alpha value is -2.01. The third-order valence-electron chi connectivity index (χ3n) is 4.51. The SMILES string of the molecule is O=C(CCCOc1ccc(Br)cc1)Nc1ccccc1N1CCCCC1. The molecule has 1 fully saturated rings. The molecule has 2 aromatic carbocycles. The Morgan fingerprint density at radius 3 is 2.54 bits per heavy atom. The van der Waals surface area contributed by atoms with Gasteiger partial charge in [-0.3, -0.25) is 4.79 Å². The molecule has 0 aromatic heterocycles. The van der Waals surface area contributed by atoms with Gasteiger partial charge in [-0.15, -0.1) is 0 Å². The van der Waals surface area contributed by atoms with Crippen LogP contribution in [-0.2, 0) is 4.79 Å². The fourth-order valence-corrected chi connectivity index (χ4v) is 3.42. The Morgan fingerprint density at radius 2 is 1.77 bits per heavy atom. The van der Waals surface area contributed by atoms with E-state index in [0.29, 0.717) is 19.4 Å². The molecule has 0 radical (unpaired) electrons. The summed E-state index contributed by atoms with van der Waals surface area (Å²) in [5, 5.41) is 3.07. The molecule has 0 saturated carbocycles. The highest BCUT2D eigenvalue weighted by atomic mass is 79.9. The van der Waals surface area contributed by atoms with Gasteiger partial charge in [0.1, 0.15) is 5.75 Å². The maximum atomic E-state index is 12.3. The first-order chi connectivity index (χ1) is 12.7. The van der Waals surface area contributed by atoms with E-state index in [1.807, 2.05) is 42.5 Å². The van der Waals surface area contributed by atoms with E-state index in [2.05, 4.69) is 32.2 Å². The molecule has 26 heavy (non-hydrogen) atoms. The van der Waals surface area contributed by atoms with Crippen LogP contribution in [0.4, 0.5) is 11.4 Å². The summed E-state index contributed by atoms with van der Waals surface area (Å²) in [6, 6.07) is 15.8. The molecule has 138 valence electrons. The molecule has 3 rings (SSSR count). The van der Waals surface area contributed by atoms with Gasteiger partial charge in [0.05, 0.1) is 18.0 Å². The minimum atomic E-state index is 0.0360. The Labute approximate surface area is 163 Å². The maximum Gasteiger partial charge on any atom is 0.224 e. The number of amides is 1. The van der Waals surface area contributed by atoms with E-state index < -0.39 is 0 Å². The Morgan fingerprint density at radius 1 is 1.04 bits per heavy atom. The van der Waals surface area contributed by atoms with Crippen molar-refractivity contribution in [3.05, 3.63) is 53.0 Å². The third kappa shape index (κ3) is 5.49. The molecule has 0 unspecified atom stereocenters. The number of halogens is 1. The molecule has 1 heterocycles. The van der Waals surface area contributed by atoms with Crippen LogP contribution in [0.2, 0.25) is 0 Å². The summed E-state index contributed by atoms with van der Waals surface area (Å²) in [4.78, 5) is 14.7. The summed E-state index contributed by atoms with van der Waals surface area (Å²) in [5.74, 6) is 0.859. The Balaban J connectivity index is 1.46. The van der Waals surface area contributed by atoms with Crippen LogP contribution in [0.5, 0.6) is 5.75 Å². The summed E-state index contributed by atoms with van der Waals surface area (Å²) < 4.78 is 6.70. The van der Waals surface area contributed by atoms with Crippen LogP contribution < -0.4 is 15.0 Å². The number of anilines is 2. The largest absolute Gasteiger partial charge is 0.494 e. The lowest BCUT2D eigenvalue weighted by molar-refractivity contribution is -0.116. The molecule has 1 N–H and O–H groups in total. The van der Waals surface area contributed by atoms with Gasteiger partial charge in [-0.05, 0) is 62.1 Å². The van der Waals surface area contributed by atoms with Gasteiger partial charge in [-0.2, -0.15) is 0 Å². The van der Waals surface area contributed by atoms with Crippen molar-refractivity contribution in [2.75, 3.05) is 29.9 Å². The van der Waals surface area contributed by atoms with E-state index in [1.165, 1.54) is 19.3 Å². The minimum absolute atomic E-state index is 0.0360. The molecule has 4 nitrogen and oxygen atoms in total. The van der Waals surface area contributed by atoms with Crippen LogP contribution in [0, 0.1) is 0 Å². The van der Waals surface area contributed by atoms with E-state index in [1.54, 1.807) is 0 Å². The number of para-hydroxylation sites is 2. The Bertz CT molecular complexity index is 712. The smallest absolute Gasteiger partial charge is 0.224 e. The second-order valence-electron chi connectivity index (χ2n) is 6.52. The van der Waals surface area contributed by atoms with Gasteiger partial charge in [0.2, 0.25) is 5.91 Å². The fraction of sp³-hybridized carbons (Fsp3) is 0.381. The number of carbonyl (C=O) groups excluding carboxylic acids is 1. The predicted molar refractivity (Wildman–Crippen MR) is 110 cm³/mol. The molecule has 1 amide bonds. The van der Waals surface area contributed by atoms with Crippen molar-refractivity contribution in [2.24, 2.45) is 0 Å². The zero-order valence-electron chi connectivity index (χ0n) is 14.9. The minimum Gasteiger partial charge on any atom is -0.494 e. The average molecular weight is 417 g/mol. The monoisotopic (exact) mass is 416 g/mol. The standard InChI is InChI=1S/C21H25BrN2O2/c22-17-10-12-18(13-11-17)26-16-6-9-21(25)23-19-7-2-3-8-20(19)24-14-4-1-5-15-24/h2-3,7-8,10-13H,1,4-6,9,14-16H2,(H,23,25). The van der Waals surface area contributed by atoms with Crippen molar-refractivity contribution in [3.63, 3.8) is 0 Å². The van der Waals surface area contributed by atoms with E-state index in [4.69, 9.17) is 4.74 Å². The summed E-state index contributed by atoms with van der Waals surface area (Å²) in [5.41, 5.74) is 2.04. The summed E-state index contributed by atoms with van der Waals surface area (Å²) >= 11 is 3.40. The number of hydrogen-bond acceptors (Lipinski definition) is 3. The Kier molecular flexibility index (Phi) is 6.95. The van der Waals surface area contributed by atoms with Crippen LogP contribution in [0.15, 0.2) is 53.0 Å². The predicted octanol–water partition coefficient (Wildman–Crippen LogP) is 5.24. The summed E-state index contributed by atoms with van der Waals surface area (Å²) in [6.45, 7) is 2.66. The van der Waals surface area contributed by atoms with Crippen molar-refractivity contribution in [1.82, 2.24) is 0 Å². The molecule has 0 aliphatic carbocycles. The van der Waals surface area contributed by atoms with Gasteiger partial charge in [-0.1, -0.05) is 28.1 Å². The lowest BCUT2D eigenvalue weighted by atomic mass is 10.1. The second kappa shape index (κ2) is 9.62. The quantitative estimate of drug-likeness (QED) is 0.627. The molecule has 1 saturated heterocycles. The molecule has 0 bridgehead atoms. The number of hydrogen-bond donors (Lipinski definition) is 1. The zero-order valence-corrected chi connectivity index (χ0v) is 16.5. The van der Waals surface area contributed by atoms with Crippen LogP contribution >= 0.6 is 15.9 Å². The van der Waals surface area contributed by atoms with Gasteiger partial charge in [0.15, 0.2) is 0 Å². The van der Waals surface area contributed by atoms with Gasteiger partial charge in [0.25, 0.3) is 0 Å². The first-order valence-electron chi connectivity index (χ1n) is 9.24. The molecule has 0 spiro atoms. The van der Waals surface area contributed by atoms with Crippen LogP contribution in [0.1, 0.15) is 32.1 Å². The zero-order chi connectivity index (χ0) is 18.2. The molecular formula is C21H25BrN2O2. The topological polar surface area (TPSA) is 41.6 Å². The lowest BCUT2D eigenvalue weighted by Gasteiger charge is -2.30. The molecule has 0 atom stereocenters. The van der Waals surface area contributed by atoms with E-state index in [0.717, 1.165) is 34.7 Å². The van der Waals surface area contributed by atoms with Gasteiger partial charge in [0, 0.05) is 24.0 Å². The number of benzene rings is 2. The van der Waals surface area contributed by atoms with Crippen molar-refractivity contribution < 1.29 is 9.53 Å². The first-order valence-corrected chi connectivity index (χ1v) is 10.0. The van der Waals surface area contributed by atoms with Crippen LogP contribution in [0.25, 0.3) is 0 Å². The number of nitrogens with one attached hydrogen (secondary N) is 1. The van der Waals surface area contributed by atoms with Crippen molar-refractivity contribution >= 4 is 33.2 Å². The molecular weight excluding hydrogens is 392 g/mol. The van der Waals surface area contributed by atoms with Crippen molar-refractivity contribution in [2.45, 2.75) is 32.1 Å². The van der Waals surface area contributed by atoms with Gasteiger partial charge in [-0.25, -0.2) is 0 Å². The first kappa shape index (κ1) is 18.8. The number of nitrogens with zero attached hydrogens (tertiary/aromatic N) is 1. The summed E-state index contributed by atoms with van der Waals surface area (Å²) in [6.07, 6.45) is 4.87. The highest BCUT2D eigenvalue weighted by Crippen LogP contribution is 2.28. The lowest BCUT2D eigenvalue weighted by Crippen LogP contribution is -2.30. The van der Waals surface area contributed by atoms with Crippen molar-refractivity contribution in [3.8, 4) is 5.75 Å². The van der Waals surface area contributed by atoms with Crippen molar-refractivity contribution in [1.29, 1.82) is 0 Å². The molecule has 5 heteroatoms.